The van der Waals surface area contributed by atoms with Gasteiger partial charge in [0.2, 0.25) is 0 Å². The number of hydrogen-bond acceptors (Lipinski definition) is 0. The Kier molecular flexibility index (Phi) is 7.30. The summed E-state index contributed by atoms with van der Waals surface area (Å²) < 4.78 is 0. The summed E-state index contributed by atoms with van der Waals surface area (Å²) >= 11 is 0. The average Bonchev–Trinajstić information content (AvgIpc) is 2.66. The summed E-state index contributed by atoms with van der Waals surface area (Å²) in [6.07, 6.45) is 2.41. The standard InChI is InChI=1S/2C9H14.Pt/c2*1-6-5-7(2)9(4)8(6)3;/h2*5H2,1-4H3;. The molecule has 0 atom stereocenters. The Labute approximate surface area is 134 Å². The first-order valence-corrected chi connectivity index (χ1v) is 6.91. The van der Waals surface area contributed by atoms with E-state index in [0.717, 1.165) is 0 Å². The second-order valence-electron chi connectivity index (χ2n) is 5.97. The van der Waals surface area contributed by atoms with E-state index >= 15 is 0 Å². The van der Waals surface area contributed by atoms with Crippen molar-refractivity contribution in [1.29, 1.82) is 0 Å². The van der Waals surface area contributed by atoms with Crippen LogP contribution in [0.3, 0.4) is 0 Å². The fourth-order valence-electron chi connectivity index (χ4n) is 2.61. The molecule has 0 N–H and O–H groups in total. The molecule has 0 aromatic rings. The van der Waals surface area contributed by atoms with Gasteiger partial charge < -0.3 is 0 Å². The van der Waals surface area contributed by atoms with Gasteiger partial charge in [0.05, 0.1) is 0 Å². The van der Waals surface area contributed by atoms with Crippen molar-refractivity contribution in [2.24, 2.45) is 0 Å². The first-order valence-electron chi connectivity index (χ1n) is 6.91. The van der Waals surface area contributed by atoms with Crippen molar-refractivity contribution >= 4 is 0 Å². The van der Waals surface area contributed by atoms with Crippen LogP contribution in [-0.4, -0.2) is 0 Å². The van der Waals surface area contributed by atoms with Crippen molar-refractivity contribution in [1.82, 2.24) is 0 Å². The molecule has 0 spiro atoms. The summed E-state index contributed by atoms with van der Waals surface area (Å²) in [6.45, 7) is 17.7. The topological polar surface area (TPSA) is 0 Å². The molecule has 0 nitrogen and oxygen atoms in total. The maximum atomic E-state index is 2.22. The van der Waals surface area contributed by atoms with E-state index in [9.17, 15) is 0 Å². The van der Waals surface area contributed by atoms with Crippen LogP contribution in [0.25, 0.3) is 0 Å². The van der Waals surface area contributed by atoms with Crippen molar-refractivity contribution < 1.29 is 21.1 Å². The van der Waals surface area contributed by atoms with Gasteiger partial charge in [0.25, 0.3) is 0 Å². The van der Waals surface area contributed by atoms with E-state index < -0.39 is 0 Å². The molecular formula is C18H28Pt. The average molecular weight is 439 g/mol. The fourth-order valence-corrected chi connectivity index (χ4v) is 2.61. The fraction of sp³-hybridized carbons (Fsp3) is 0.556. The number of allylic oxidation sites excluding steroid dienone is 8. The Morgan fingerprint density at radius 1 is 0.421 bits per heavy atom. The summed E-state index contributed by atoms with van der Waals surface area (Å²) in [5, 5.41) is 0. The molecule has 1 heteroatoms. The molecule has 2 rings (SSSR count). The van der Waals surface area contributed by atoms with Gasteiger partial charge in [0.15, 0.2) is 0 Å². The molecule has 0 radical (unpaired) electrons. The Hall–Kier alpha value is -0.352. The summed E-state index contributed by atoms with van der Waals surface area (Å²) in [4.78, 5) is 0. The zero-order valence-electron chi connectivity index (χ0n) is 13.7. The quantitative estimate of drug-likeness (QED) is 0.426. The molecule has 0 heterocycles. The molecule has 2 aliphatic rings. The Morgan fingerprint density at radius 3 is 0.632 bits per heavy atom. The second-order valence-corrected chi connectivity index (χ2v) is 5.97. The third-order valence-electron chi connectivity index (χ3n) is 4.75. The van der Waals surface area contributed by atoms with E-state index in [1.807, 2.05) is 0 Å². The monoisotopic (exact) mass is 439 g/mol. The van der Waals surface area contributed by atoms with E-state index in [1.54, 1.807) is 22.3 Å². The summed E-state index contributed by atoms with van der Waals surface area (Å²) in [5.74, 6) is 0. The van der Waals surface area contributed by atoms with E-state index in [-0.39, 0.29) is 21.1 Å². The van der Waals surface area contributed by atoms with E-state index in [2.05, 4.69) is 55.4 Å². The van der Waals surface area contributed by atoms with Crippen LogP contribution in [-0.2, 0) is 21.1 Å². The van der Waals surface area contributed by atoms with E-state index in [1.165, 1.54) is 35.1 Å². The van der Waals surface area contributed by atoms with Crippen LogP contribution in [0, 0.1) is 0 Å². The molecule has 2 aliphatic carbocycles. The van der Waals surface area contributed by atoms with Gasteiger partial charge in [-0.1, -0.05) is 22.3 Å². The van der Waals surface area contributed by atoms with Crippen LogP contribution in [0.4, 0.5) is 0 Å². The van der Waals surface area contributed by atoms with Crippen molar-refractivity contribution in [2.45, 2.75) is 68.2 Å². The van der Waals surface area contributed by atoms with Gasteiger partial charge in [-0.2, -0.15) is 0 Å². The van der Waals surface area contributed by atoms with Crippen LogP contribution < -0.4 is 0 Å². The van der Waals surface area contributed by atoms with Gasteiger partial charge in [-0.25, -0.2) is 0 Å². The predicted octanol–water partition coefficient (Wildman–Crippen LogP) is 6.12. The van der Waals surface area contributed by atoms with Gasteiger partial charge in [0, 0.05) is 21.1 Å². The van der Waals surface area contributed by atoms with Crippen LogP contribution in [0.1, 0.15) is 68.2 Å². The zero-order chi connectivity index (χ0) is 14.0. The number of hydrogen-bond donors (Lipinski definition) is 0. The van der Waals surface area contributed by atoms with Crippen molar-refractivity contribution in [2.75, 3.05) is 0 Å². The van der Waals surface area contributed by atoms with Gasteiger partial charge in [-0.15, -0.1) is 0 Å². The molecule has 0 saturated carbocycles. The van der Waals surface area contributed by atoms with Crippen LogP contribution in [0.5, 0.6) is 0 Å². The van der Waals surface area contributed by atoms with Crippen LogP contribution in [0.15, 0.2) is 44.6 Å². The minimum atomic E-state index is 0. The van der Waals surface area contributed by atoms with Gasteiger partial charge in [0.1, 0.15) is 0 Å². The molecule has 0 saturated heterocycles. The number of rotatable bonds is 0. The predicted molar refractivity (Wildman–Crippen MR) is 82.7 cm³/mol. The minimum Gasteiger partial charge on any atom is -0.0661 e. The van der Waals surface area contributed by atoms with Gasteiger partial charge >= 0.3 is 0 Å². The van der Waals surface area contributed by atoms with Crippen molar-refractivity contribution in [3.63, 3.8) is 0 Å². The summed E-state index contributed by atoms with van der Waals surface area (Å²) in [6, 6.07) is 0. The summed E-state index contributed by atoms with van der Waals surface area (Å²) in [7, 11) is 0. The van der Waals surface area contributed by atoms with E-state index in [0.29, 0.717) is 0 Å². The molecule has 0 fully saturated rings. The third kappa shape index (κ3) is 4.31. The molecule has 0 amide bonds. The summed E-state index contributed by atoms with van der Waals surface area (Å²) in [5.41, 5.74) is 12.2. The second kappa shape index (κ2) is 7.44. The van der Waals surface area contributed by atoms with Gasteiger partial charge in [-0.3, -0.25) is 0 Å². The first kappa shape index (κ1) is 18.6. The zero-order valence-corrected chi connectivity index (χ0v) is 16.0. The molecule has 110 valence electrons. The smallest absolute Gasteiger partial charge is 0 e. The van der Waals surface area contributed by atoms with Crippen LogP contribution in [0.2, 0.25) is 0 Å². The first-order chi connectivity index (χ1) is 8.25. The Bertz CT molecular complexity index is 392. The molecule has 0 aliphatic heterocycles. The van der Waals surface area contributed by atoms with E-state index in [4.69, 9.17) is 0 Å². The molecule has 19 heavy (non-hydrogen) atoms. The van der Waals surface area contributed by atoms with Crippen LogP contribution >= 0.6 is 0 Å². The molecular weight excluding hydrogens is 411 g/mol. The third-order valence-corrected chi connectivity index (χ3v) is 4.75. The maximum absolute atomic E-state index is 2.22. The SMILES string of the molecule is CC1=C(C)C(C)=C(C)C1.CC1=C(C)C(C)=C(C)C1.[Pt]. The molecule has 0 aromatic heterocycles. The Balaban J connectivity index is 0.000000324. The Morgan fingerprint density at radius 2 is 0.579 bits per heavy atom. The van der Waals surface area contributed by atoms with Gasteiger partial charge in [-0.05, 0) is 90.5 Å². The molecule has 0 unspecified atom stereocenters. The maximum Gasteiger partial charge on any atom is 0 e. The van der Waals surface area contributed by atoms with Crippen molar-refractivity contribution in [3.05, 3.63) is 44.6 Å². The minimum absolute atomic E-state index is 0. The van der Waals surface area contributed by atoms with Crippen molar-refractivity contribution in [3.8, 4) is 0 Å². The molecule has 0 bridgehead atoms. The normalized spacial score (nSPS) is 18.9. The largest absolute Gasteiger partial charge is 0.0661 e. The molecule has 0 aromatic carbocycles.